The van der Waals surface area contributed by atoms with Crippen molar-refractivity contribution in [3.8, 4) is 11.6 Å². The molecule has 16 nitrogen and oxygen atoms in total. The highest BCUT2D eigenvalue weighted by Crippen LogP contribution is 2.48. The molecule has 17 heteroatoms. The summed E-state index contributed by atoms with van der Waals surface area (Å²) in [4.78, 5) is 15.4. The average Bonchev–Trinajstić information content (AvgIpc) is 3.39. The number of nitrogens with one attached hydrogen (secondary N) is 1. The van der Waals surface area contributed by atoms with Crippen LogP contribution in [0.3, 0.4) is 0 Å². The number of aliphatic hydroxyl groups is 1. The van der Waals surface area contributed by atoms with Gasteiger partial charge in [-0.15, -0.1) is 0 Å². The van der Waals surface area contributed by atoms with E-state index in [2.05, 4.69) is 30.1 Å². The van der Waals surface area contributed by atoms with Gasteiger partial charge in [0.1, 0.15) is 24.2 Å². The predicted molar refractivity (Wildman–Crippen MR) is 148 cm³/mol. The second-order valence-electron chi connectivity index (χ2n) is 9.30. The highest BCUT2D eigenvalue weighted by molar-refractivity contribution is 7.52. The number of fused-ring (bicyclic) bond motifs is 1. The topological polar surface area (TPSA) is 214 Å². The van der Waals surface area contributed by atoms with Crippen LogP contribution in [-0.2, 0) is 18.6 Å². The van der Waals surface area contributed by atoms with Gasteiger partial charge in [0, 0.05) is 24.2 Å². The molecule has 222 valence electrons. The number of rotatable bonds is 14. The minimum absolute atomic E-state index is 0.0293. The summed E-state index contributed by atoms with van der Waals surface area (Å²) < 4.78 is 44.7. The van der Waals surface area contributed by atoms with E-state index in [4.69, 9.17) is 29.0 Å². The highest BCUT2D eigenvalue weighted by atomic mass is 31.2. The van der Waals surface area contributed by atoms with Crippen LogP contribution in [0.15, 0.2) is 41.8 Å². The van der Waals surface area contributed by atoms with Gasteiger partial charge in [-0.2, -0.15) is 9.97 Å². The van der Waals surface area contributed by atoms with Crippen molar-refractivity contribution in [2.75, 3.05) is 32.7 Å². The molecule has 0 aliphatic carbocycles. The molecule has 2 aromatic heterocycles. The Hall–Kier alpha value is -3.49. The third-order valence-electron chi connectivity index (χ3n) is 6.41. The highest BCUT2D eigenvalue weighted by Gasteiger charge is 2.40. The van der Waals surface area contributed by atoms with Gasteiger partial charge in [-0.3, -0.25) is 9.09 Å². The van der Waals surface area contributed by atoms with E-state index < -0.39 is 38.8 Å². The van der Waals surface area contributed by atoms with E-state index in [1.807, 2.05) is 0 Å². The van der Waals surface area contributed by atoms with Crippen LogP contribution in [0.5, 0.6) is 11.6 Å². The normalized spacial score (nSPS) is 18.5. The van der Waals surface area contributed by atoms with Crippen molar-refractivity contribution in [3.05, 3.63) is 47.1 Å². The molecule has 0 amide bonds. The lowest BCUT2D eigenvalue weighted by Crippen LogP contribution is -2.44. The van der Waals surface area contributed by atoms with Crippen molar-refractivity contribution < 1.29 is 32.9 Å². The standard InChI is InChI=1S/C24H34N9O7P/c1-15(30-32-26)21(40-41(35,31-17-9-11-37-12-10-17)39-18-7-5-4-6-8-18)19(13-34)38-16(2)33-14-27-20-22(33)28-24(25)29-23(20)36-3/h4-8,14-17,19,21,34H,9-13H2,1-3H3,(H,31,35)(H2,25,28,29)/t15?,16?,19-,21?,41?/m1/s1. The first-order valence-corrected chi connectivity index (χ1v) is 14.5. The van der Waals surface area contributed by atoms with Gasteiger partial charge in [0.15, 0.2) is 11.2 Å². The summed E-state index contributed by atoms with van der Waals surface area (Å²) in [5.41, 5.74) is 15.7. The number of imidazole rings is 1. The summed E-state index contributed by atoms with van der Waals surface area (Å²) in [6.07, 6.45) is -0.498. The van der Waals surface area contributed by atoms with Gasteiger partial charge in [-0.1, -0.05) is 30.2 Å². The zero-order valence-corrected chi connectivity index (χ0v) is 23.8. The zero-order valence-electron chi connectivity index (χ0n) is 22.9. The first-order chi connectivity index (χ1) is 19.8. The van der Waals surface area contributed by atoms with Gasteiger partial charge in [-0.05, 0) is 37.4 Å². The monoisotopic (exact) mass is 591 g/mol. The van der Waals surface area contributed by atoms with Crippen LogP contribution in [0, 0.1) is 0 Å². The molecule has 4 N–H and O–H groups in total. The zero-order chi connectivity index (χ0) is 29.4. The molecule has 1 aliphatic heterocycles. The van der Waals surface area contributed by atoms with Crippen LogP contribution >= 0.6 is 7.75 Å². The molecule has 4 rings (SSSR count). The molecule has 1 aliphatic rings. The van der Waals surface area contributed by atoms with Crippen LogP contribution in [0.4, 0.5) is 5.95 Å². The van der Waals surface area contributed by atoms with Gasteiger partial charge in [0.2, 0.25) is 11.8 Å². The third-order valence-corrected chi connectivity index (χ3v) is 8.06. The fourth-order valence-electron chi connectivity index (χ4n) is 4.38. The summed E-state index contributed by atoms with van der Waals surface area (Å²) in [6, 6.07) is 7.39. The number of hydrogen-bond donors (Lipinski definition) is 3. The lowest BCUT2D eigenvalue weighted by atomic mass is 10.1. The molecule has 3 aromatic rings. The number of aliphatic hydroxyl groups excluding tert-OH is 1. The van der Waals surface area contributed by atoms with Crippen molar-refractivity contribution >= 4 is 24.9 Å². The first-order valence-electron chi connectivity index (χ1n) is 13.0. The number of ether oxygens (including phenoxy) is 3. The molecule has 0 radical (unpaired) electrons. The van der Waals surface area contributed by atoms with E-state index in [-0.39, 0.29) is 17.9 Å². The number of benzene rings is 1. The van der Waals surface area contributed by atoms with Gasteiger partial charge in [0.05, 0.1) is 26.1 Å². The SMILES string of the molecule is COc1nc(N)nc2c1ncn2C(C)O[C@H](CO)C(OP(=O)(NC1CCOCC1)Oc1ccccc1)C(C)N=[N+]=[N-]. The van der Waals surface area contributed by atoms with Crippen LogP contribution in [-0.4, -0.2) is 75.8 Å². The first kappa shape index (κ1) is 30.5. The Morgan fingerprint density at radius 2 is 2.02 bits per heavy atom. The van der Waals surface area contributed by atoms with Crippen LogP contribution in [0.2, 0.25) is 0 Å². The molecule has 5 atom stereocenters. The predicted octanol–water partition coefficient (Wildman–Crippen LogP) is 3.35. The van der Waals surface area contributed by atoms with E-state index in [0.717, 1.165) is 0 Å². The maximum atomic E-state index is 14.3. The lowest BCUT2D eigenvalue weighted by molar-refractivity contribution is -0.114. The van der Waals surface area contributed by atoms with E-state index in [1.54, 1.807) is 48.7 Å². The number of nitrogens with two attached hydrogens (primary N) is 1. The van der Waals surface area contributed by atoms with E-state index >= 15 is 0 Å². The molecule has 0 spiro atoms. The number of hydrogen-bond acceptors (Lipinski definition) is 12. The van der Waals surface area contributed by atoms with Crippen LogP contribution in [0.25, 0.3) is 21.6 Å². The minimum Gasteiger partial charge on any atom is -0.479 e. The molecule has 0 bridgehead atoms. The Labute approximate surface area is 236 Å². The third kappa shape index (κ3) is 7.63. The maximum absolute atomic E-state index is 14.3. The van der Waals surface area contributed by atoms with Gasteiger partial charge in [0.25, 0.3) is 0 Å². The van der Waals surface area contributed by atoms with E-state index in [0.29, 0.717) is 43.0 Å². The second-order valence-corrected chi connectivity index (χ2v) is 11.0. The molecule has 1 saturated heterocycles. The number of aromatic nitrogens is 4. The van der Waals surface area contributed by atoms with Crippen LogP contribution < -0.4 is 20.1 Å². The number of nitrogen functional groups attached to an aromatic ring is 1. The van der Waals surface area contributed by atoms with Crippen molar-refractivity contribution in [3.63, 3.8) is 0 Å². The van der Waals surface area contributed by atoms with Crippen molar-refractivity contribution in [2.24, 2.45) is 5.11 Å². The Balaban J connectivity index is 1.63. The number of azide groups is 1. The number of methoxy groups -OCH3 is 1. The van der Waals surface area contributed by atoms with Gasteiger partial charge in [-0.25, -0.2) is 14.6 Å². The molecular weight excluding hydrogens is 557 g/mol. The maximum Gasteiger partial charge on any atom is 0.459 e. The Bertz CT molecular complexity index is 1380. The lowest BCUT2D eigenvalue weighted by Gasteiger charge is -2.35. The molecule has 3 heterocycles. The molecule has 0 saturated carbocycles. The van der Waals surface area contributed by atoms with Gasteiger partial charge >= 0.3 is 7.75 Å². The largest absolute Gasteiger partial charge is 0.479 e. The van der Waals surface area contributed by atoms with E-state index in [1.165, 1.54) is 13.4 Å². The number of nitrogens with zero attached hydrogens (tertiary/aromatic N) is 7. The average molecular weight is 592 g/mol. The minimum atomic E-state index is -4.12. The second kappa shape index (κ2) is 13.9. The molecule has 1 fully saturated rings. The molecule has 1 aromatic carbocycles. The summed E-state index contributed by atoms with van der Waals surface area (Å²) in [7, 11) is -2.69. The van der Waals surface area contributed by atoms with E-state index in [9.17, 15) is 15.2 Å². The van der Waals surface area contributed by atoms with Gasteiger partial charge < -0.3 is 29.6 Å². The van der Waals surface area contributed by atoms with Crippen molar-refractivity contribution in [1.82, 2.24) is 24.6 Å². The van der Waals surface area contributed by atoms with Crippen molar-refractivity contribution in [2.45, 2.75) is 57.2 Å². The summed E-state index contributed by atoms with van der Waals surface area (Å²) in [5, 5.41) is 17.2. The number of anilines is 1. The number of para-hydroxylation sites is 1. The summed E-state index contributed by atoms with van der Waals surface area (Å²) in [5.74, 6) is 0.462. The molecule has 41 heavy (non-hydrogen) atoms. The Morgan fingerprint density at radius 3 is 2.68 bits per heavy atom. The Morgan fingerprint density at radius 1 is 1.29 bits per heavy atom. The van der Waals surface area contributed by atoms with Crippen molar-refractivity contribution in [1.29, 1.82) is 0 Å². The Kier molecular flexibility index (Phi) is 10.3. The summed E-state index contributed by atoms with van der Waals surface area (Å²) >= 11 is 0. The fraction of sp³-hybridized carbons (Fsp3) is 0.542. The van der Waals surface area contributed by atoms with Crippen LogP contribution in [0.1, 0.15) is 32.9 Å². The quantitative estimate of drug-likeness (QED) is 0.106. The smallest absolute Gasteiger partial charge is 0.459 e. The fourth-order valence-corrected chi connectivity index (χ4v) is 6.27. The molecule has 4 unspecified atom stereocenters. The molecular formula is C24H34N9O7P. The summed E-state index contributed by atoms with van der Waals surface area (Å²) in [6.45, 7) is 3.65.